The number of benzene rings is 2. The summed E-state index contributed by atoms with van der Waals surface area (Å²) >= 11 is 5.64. The first-order valence-corrected chi connectivity index (χ1v) is 5.63. The lowest BCUT2D eigenvalue weighted by Gasteiger charge is -2.05. The SMILES string of the molecule is COc1cccc(C(=O)c2ccc(Cl)cc2F)c1. The largest absolute Gasteiger partial charge is 0.497 e. The van der Waals surface area contributed by atoms with Gasteiger partial charge in [0, 0.05) is 10.6 Å². The predicted octanol–water partition coefficient (Wildman–Crippen LogP) is 3.72. The zero-order chi connectivity index (χ0) is 13.1. The molecule has 2 aromatic carbocycles. The van der Waals surface area contributed by atoms with E-state index in [-0.39, 0.29) is 10.6 Å². The van der Waals surface area contributed by atoms with Crippen molar-refractivity contribution < 1.29 is 13.9 Å². The highest BCUT2D eigenvalue weighted by Crippen LogP contribution is 2.20. The number of methoxy groups -OCH3 is 1. The van der Waals surface area contributed by atoms with Gasteiger partial charge in [-0.05, 0) is 30.3 Å². The molecule has 0 saturated heterocycles. The minimum absolute atomic E-state index is 0.00680. The van der Waals surface area contributed by atoms with E-state index >= 15 is 0 Å². The number of ketones is 1. The van der Waals surface area contributed by atoms with Gasteiger partial charge < -0.3 is 4.74 Å². The van der Waals surface area contributed by atoms with Crippen LogP contribution in [0.4, 0.5) is 4.39 Å². The van der Waals surface area contributed by atoms with Gasteiger partial charge in [-0.3, -0.25) is 4.79 Å². The number of ether oxygens (including phenoxy) is 1. The fourth-order valence-electron chi connectivity index (χ4n) is 1.59. The quantitative estimate of drug-likeness (QED) is 0.790. The fraction of sp³-hybridized carbons (Fsp3) is 0.0714. The van der Waals surface area contributed by atoms with Crippen LogP contribution in [0.2, 0.25) is 5.02 Å². The molecule has 0 aliphatic rings. The Morgan fingerprint density at radius 2 is 2.00 bits per heavy atom. The van der Waals surface area contributed by atoms with E-state index in [1.165, 1.54) is 19.2 Å². The molecule has 0 aromatic heterocycles. The lowest BCUT2D eigenvalue weighted by Crippen LogP contribution is -2.04. The molecule has 92 valence electrons. The lowest BCUT2D eigenvalue weighted by molar-refractivity contribution is 0.103. The highest BCUT2D eigenvalue weighted by Gasteiger charge is 2.14. The van der Waals surface area contributed by atoms with E-state index in [1.54, 1.807) is 24.3 Å². The van der Waals surface area contributed by atoms with Gasteiger partial charge in [-0.2, -0.15) is 0 Å². The molecule has 4 heteroatoms. The minimum Gasteiger partial charge on any atom is -0.497 e. The molecule has 0 bridgehead atoms. The number of hydrogen-bond donors (Lipinski definition) is 0. The van der Waals surface area contributed by atoms with Crippen LogP contribution in [0.25, 0.3) is 0 Å². The molecule has 2 rings (SSSR count). The molecular formula is C14H10ClFO2. The van der Waals surface area contributed by atoms with E-state index in [0.717, 1.165) is 6.07 Å². The van der Waals surface area contributed by atoms with Gasteiger partial charge in [0.1, 0.15) is 11.6 Å². The first-order chi connectivity index (χ1) is 8.61. The van der Waals surface area contributed by atoms with Crippen LogP contribution < -0.4 is 4.74 Å². The lowest BCUT2D eigenvalue weighted by atomic mass is 10.0. The van der Waals surface area contributed by atoms with Crippen LogP contribution in [-0.4, -0.2) is 12.9 Å². The average Bonchev–Trinajstić information content (AvgIpc) is 2.38. The maximum atomic E-state index is 13.6. The molecule has 0 N–H and O–H groups in total. The first-order valence-electron chi connectivity index (χ1n) is 5.25. The minimum atomic E-state index is -0.629. The molecule has 0 radical (unpaired) electrons. The molecule has 2 nitrogen and oxygen atoms in total. The van der Waals surface area contributed by atoms with Gasteiger partial charge >= 0.3 is 0 Å². The van der Waals surface area contributed by atoms with E-state index in [0.29, 0.717) is 11.3 Å². The molecule has 0 spiro atoms. The molecule has 0 aliphatic heterocycles. The van der Waals surface area contributed by atoms with Crippen molar-refractivity contribution in [3.63, 3.8) is 0 Å². The van der Waals surface area contributed by atoms with Gasteiger partial charge in [-0.1, -0.05) is 23.7 Å². The summed E-state index contributed by atoms with van der Waals surface area (Å²) in [6, 6.07) is 10.6. The summed E-state index contributed by atoms with van der Waals surface area (Å²) in [5, 5.41) is 0.259. The Balaban J connectivity index is 2.41. The van der Waals surface area contributed by atoms with Gasteiger partial charge in [0.25, 0.3) is 0 Å². The van der Waals surface area contributed by atoms with Crippen LogP contribution in [0.1, 0.15) is 15.9 Å². The summed E-state index contributed by atoms with van der Waals surface area (Å²) in [6.45, 7) is 0. The molecular weight excluding hydrogens is 255 g/mol. The normalized spacial score (nSPS) is 10.2. The van der Waals surface area contributed by atoms with Crippen molar-refractivity contribution in [1.82, 2.24) is 0 Å². The van der Waals surface area contributed by atoms with Gasteiger partial charge in [-0.15, -0.1) is 0 Å². The van der Waals surface area contributed by atoms with Crippen molar-refractivity contribution in [2.24, 2.45) is 0 Å². The highest BCUT2D eigenvalue weighted by atomic mass is 35.5. The number of carbonyl (C=O) groups is 1. The monoisotopic (exact) mass is 264 g/mol. The summed E-state index contributed by atoms with van der Waals surface area (Å²) in [5.74, 6) is -0.478. The average molecular weight is 265 g/mol. The molecule has 0 amide bonds. The van der Waals surface area contributed by atoms with Gasteiger partial charge in [0.2, 0.25) is 0 Å². The van der Waals surface area contributed by atoms with Crippen LogP contribution in [-0.2, 0) is 0 Å². The molecule has 2 aromatic rings. The third-order valence-electron chi connectivity index (χ3n) is 2.51. The second kappa shape index (κ2) is 5.19. The molecule has 0 unspecified atom stereocenters. The highest BCUT2D eigenvalue weighted by molar-refractivity contribution is 6.30. The smallest absolute Gasteiger partial charge is 0.196 e. The Kier molecular flexibility index (Phi) is 3.63. The van der Waals surface area contributed by atoms with Crippen molar-refractivity contribution in [3.8, 4) is 5.75 Å². The molecule has 18 heavy (non-hydrogen) atoms. The summed E-state index contributed by atoms with van der Waals surface area (Å²) in [4.78, 5) is 12.1. The van der Waals surface area contributed by atoms with Crippen LogP contribution in [0.15, 0.2) is 42.5 Å². The Labute approximate surface area is 109 Å². The van der Waals surface area contributed by atoms with Crippen molar-refractivity contribution in [1.29, 1.82) is 0 Å². The zero-order valence-electron chi connectivity index (χ0n) is 9.61. The predicted molar refractivity (Wildman–Crippen MR) is 67.8 cm³/mol. The van der Waals surface area contributed by atoms with Gasteiger partial charge in [0.15, 0.2) is 5.78 Å². The zero-order valence-corrected chi connectivity index (χ0v) is 10.4. The number of rotatable bonds is 3. The van der Waals surface area contributed by atoms with E-state index < -0.39 is 11.6 Å². The molecule has 0 atom stereocenters. The van der Waals surface area contributed by atoms with E-state index in [1.807, 2.05) is 0 Å². The van der Waals surface area contributed by atoms with Gasteiger partial charge in [-0.25, -0.2) is 4.39 Å². The molecule has 0 saturated carbocycles. The van der Waals surface area contributed by atoms with Crippen LogP contribution >= 0.6 is 11.6 Å². The van der Waals surface area contributed by atoms with Gasteiger partial charge in [0.05, 0.1) is 12.7 Å². The van der Waals surface area contributed by atoms with Crippen LogP contribution in [0.3, 0.4) is 0 Å². The standard InChI is InChI=1S/C14H10ClFO2/c1-18-11-4-2-3-9(7-11)14(17)12-6-5-10(15)8-13(12)16/h2-8H,1H3. The number of halogens is 2. The molecule has 0 aliphatic carbocycles. The Hall–Kier alpha value is -1.87. The summed E-state index contributed by atoms with van der Waals surface area (Å²) in [6.07, 6.45) is 0. The Morgan fingerprint density at radius 1 is 1.22 bits per heavy atom. The second-order valence-corrected chi connectivity index (χ2v) is 4.12. The summed E-state index contributed by atoms with van der Waals surface area (Å²) < 4.78 is 18.7. The van der Waals surface area contributed by atoms with E-state index in [9.17, 15) is 9.18 Å². The molecule has 0 heterocycles. The topological polar surface area (TPSA) is 26.3 Å². The van der Waals surface area contributed by atoms with Crippen molar-refractivity contribution >= 4 is 17.4 Å². The fourth-order valence-corrected chi connectivity index (χ4v) is 1.75. The van der Waals surface area contributed by atoms with E-state index in [2.05, 4.69) is 0 Å². The van der Waals surface area contributed by atoms with Crippen LogP contribution in [0.5, 0.6) is 5.75 Å². The maximum absolute atomic E-state index is 13.6. The number of hydrogen-bond acceptors (Lipinski definition) is 2. The van der Waals surface area contributed by atoms with Crippen LogP contribution in [0, 0.1) is 5.82 Å². The third-order valence-corrected chi connectivity index (χ3v) is 2.74. The summed E-state index contributed by atoms with van der Waals surface area (Å²) in [7, 11) is 1.51. The maximum Gasteiger partial charge on any atom is 0.196 e. The first kappa shape index (κ1) is 12.6. The van der Waals surface area contributed by atoms with Crippen molar-refractivity contribution in [3.05, 3.63) is 64.4 Å². The van der Waals surface area contributed by atoms with Crippen molar-refractivity contribution in [2.45, 2.75) is 0 Å². The molecule has 0 fully saturated rings. The Morgan fingerprint density at radius 3 is 2.67 bits per heavy atom. The third kappa shape index (κ3) is 2.51. The van der Waals surface area contributed by atoms with E-state index in [4.69, 9.17) is 16.3 Å². The Bertz CT molecular complexity index is 596. The number of carbonyl (C=O) groups excluding carboxylic acids is 1. The second-order valence-electron chi connectivity index (χ2n) is 3.69. The van der Waals surface area contributed by atoms with Crippen molar-refractivity contribution in [2.75, 3.05) is 7.11 Å². The summed E-state index contributed by atoms with van der Waals surface area (Å²) in [5.41, 5.74) is 0.364.